The van der Waals surface area contributed by atoms with Crippen molar-refractivity contribution in [2.24, 2.45) is 12.0 Å². The van der Waals surface area contributed by atoms with E-state index < -0.39 is 5.09 Å². The van der Waals surface area contributed by atoms with Crippen molar-refractivity contribution in [2.45, 2.75) is 302 Å². The van der Waals surface area contributed by atoms with Crippen molar-refractivity contribution in [1.29, 1.82) is 0 Å². The van der Waals surface area contributed by atoms with Crippen LogP contribution < -0.4 is 10.8 Å². The van der Waals surface area contributed by atoms with E-state index in [-0.39, 0.29) is 79.6 Å². The van der Waals surface area contributed by atoms with E-state index in [4.69, 9.17) is 21.1 Å². The van der Waals surface area contributed by atoms with Crippen LogP contribution in [-0.2, 0) is 49.2 Å². The molecule has 1 aliphatic heterocycles. The number of nitrogens with zero attached hydrogens (tertiary/aromatic N) is 5. The Bertz CT molecular complexity index is 1440. The Morgan fingerprint density at radius 1 is 0.479 bits per heavy atom. The molecule has 2 heterocycles. The fourth-order valence-electron chi connectivity index (χ4n) is 14.8. The van der Waals surface area contributed by atoms with E-state index in [0.717, 1.165) is 5.49 Å². The molecule has 10 rings (SSSR count). The van der Waals surface area contributed by atoms with Crippen molar-refractivity contribution in [3.63, 3.8) is 0 Å². The summed E-state index contributed by atoms with van der Waals surface area (Å²) in [6, 6.07) is 0. The van der Waals surface area contributed by atoms with Crippen LogP contribution in [0.3, 0.4) is 0 Å². The summed E-state index contributed by atoms with van der Waals surface area (Å²) >= 11 is 0. The number of hydrogen-bond acceptors (Lipinski definition) is 4. The Morgan fingerprint density at radius 2 is 0.671 bits per heavy atom. The van der Waals surface area contributed by atoms with Gasteiger partial charge in [0.05, 0.1) is 56.9 Å². The Labute approximate surface area is 481 Å². The zero-order valence-corrected chi connectivity index (χ0v) is 55.9. The summed E-state index contributed by atoms with van der Waals surface area (Å²) in [6.07, 6.45) is 63.8. The maximum absolute atomic E-state index is 8.36. The van der Waals surface area contributed by atoms with Gasteiger partial charge in [0.25, 0.3) is 5.09 Å². The average Bonchev–Trinajstić information content (AvgIpc) is 3.83. The van der Waals surface area contributed by atoms with Gasteiger partial charge in [0, 0.05) is 65.4 Å². The Morgan fingerprint density at radius 3 is 0.849 bits per heavy atom. The van der Waals surface area contributed by atoms with E-state index in [9.17, 15) is 0 Å². The molecule has 0 radical (unpaired) electrons. The third kappa shape index (κ3) is 25.4. The molecule has 9 nitrogen and oxygen atoms in total. The van der Waals surface area contributed by atoms with Crippen molar-refractivity contribution < 1.29 is 52.4 Å². The molecule has 73 heavy (non-hydrogen) atoms. The molecule has 426 valence electrons. The summed E-state index contributed by atoms with van der Waals surface area (Å²) in [6.45, 7) is 11.0. The molecule has 0 amide bonds. The predicted octanol–water partition coefficient (Wildman–Crippen LogP) is 17.1. The molecule has 1 aromatic rings. The normalized spacial score (nSPS) is 23.3. The number of rotatable bonds is 8. The molecule has 0 aromatic carbocycles. The summed E-state index contributed by atoms with van der Waals surface area (Å²) in [7, 11) is 1.89. The van der Waals surface area contributed by atoms with E-state index in [1.807, 2.05) is 7.05 Å². The first-order valence-corrected chi connectivity index (χ1v) is 39.3. The van der Waals surface area contributed by atoms with Crippen LogP contribution in [0.2, 0.25) is 0 Å². The van der Waals surface area contributed by atoms with Crippen LogP contribution in [0.25, 0.3) is 16.9 Å². The quantitative estimate of drug-likeness (QED) is 0.158. The van der Waals surface area contributed by atoms with Gasteiger partial charge in [0.2, 0.25) is 0 Å². The molecular weight excluding hydrogens is 1340 g/mol. The summed E-state index contributed by atoms with van der Waals surface area (Å²) in [5, 5.41) is 18.0. The summed E-state index contributed by atoms with van der Waals surface area (Å²) in [5.74, 6) is 0.232. The molecule has 8 saturated carbocycles. The van der Waals surface area contributed by atoms with Gasteiger partial charge in [-0.25, -0.2) is 10.8 Å². The minimum Gasteiger partial charge on any atom is -0.716 e. The summed E-state index contributed by atoms with van der Waals surface area (Å²) < 4.78 is 1.79. The SMILES string of the molecule is C[PH+](C1CCCCC1)C1CCCCC1.C[PH+](C1CCCCC1)C1CCCCC1.C[PH+](C1CCCCC1)C1CCCCC1.C[PH+](C1CCCCC1)C1CCCCC1.Cn1cnc2c1=NC[N-]C=2[NH-].O=[N+]([O-])O.[Pt+2].[Pt+2]. The van der Waals surface area contributed by atoms with E-state index in [1.54, 1.807) is 216 Å². The first-order chi connectivity index (χ1) is 34.5. The van der Waals surface area contributed by atoms with Crippen molar-refractivity contribution in [1.82, 2.24) is 9.55 Å². The van der Waals surface area contributed by atoms with Crippen LogP contribution >= 0.6 is 31.7 Å². The fraction of sp³-hybridized carbons (Fsp3) is 0.931. The van der Waals surface area contributed by atoms with Crippen LogP contribution in [0.5, 0.6) is 0 Å². The molecule has 0 saturated heterocycles. The molecule has 9 aliphatic rings. The van der Waals surface area contributed by atoms with E-state index >= 15 is 0 Å². The van der Waals surface area contributed by atoms with Crippen molar-refractivity contribution in [2.75, 3.05) is 33.3 Å². The number of aromatic nitrogens is 2. The fourth-order valence-corrected chi connectivity index (χ4v) is 28.0. The van der Waals surface area contributed by atoms with Gasteiger partial charge in [0.1, 0.15) is 5.49 Å². The molecule has 0 spiro atoms. The topological polar surface area (TPSA) is 131 Å². The van der Waals surface area contributed by atoms with Gasteiger partial charge >= 0.3 is 42.1 Å². The number of imidazole rings is 1. The zero-order valence-electron chi connectivity index (χ0n) is 47.3. The maximum atomic E-state index is 8.36. The predicted molar refractivity (Wildman–Crippen MR) is 321 cm³/mol. The number of fused-ring (bicyclic) bond motifs is 1. The van der Waals surface area contributed by atoms with Gasteiger partial charge < -0.3 is 20.8 Å². The molecule has 0 unspecified atom stereocenters. The van der Waals surface area contributed by atoms with Crippen LogP contribution in [0.4, 0.5) is 0 Å². The second-order valence-electron chi connectivity index (χ2n) is 24.2. The smallest absolute Gasteiger partial charge is 0.716 e. The van der Waals surface area contributed by atoms with Gasteiger partial charge in [-0.15, -0.1) is 10.1 Å². The Hall–Kier alpha value is 0.777. The van der Waals surface area contributed by atoms with Gasteiger partial charge in [-0.2, -0.15) is 0 Å². The molecular formula is C58H112N6O3P4Pt2+6. The average molecular weight is 1460 g/mol. The van der Waals surface area contributed by atoms with Crippen LogP contribution in [0.1, 0.15) is 257 Å². The second kappa shape index (κ2) is 40.0. The monoisotopic (exact) mass is 1450 g/mol. The summed E-state index contributed by atoms with van der Waals surface area (Å²) in [5.41, 5.74) is 17.7. The third-order valence-corrected chi connectivity index (χ3v) is 34.5. The molecule has 8 fully saturated rings. The molecule has 8 aliphatic carbocycles. The first kappa shape index (κ1) is 68.1. The number of aryl methyl sites for hydroxylation is 1. The molecule has 0 atom stereocenters. The summed E-state index contributed by atoms with van der Waals surface area (Å²) in [4.78, 5) is 16.4. The minimum atomic E-state index is -1.50. The first-order valence-electron chi connectivity index (χ1n) is 30.6. The van der Waals surface area contributed by atoms with Crippen molar-refractivity contribution in [3.05, 3.63) is 38.3 Å². The molecule has 2 N–H and O–H groups in total. The second-order valence-corrected chi connectivity index (χ2v) is 36.7. The van der Waals surface area contributed by atoms with Crippen LogP contribution in [0, 0.1) is 10.1 Å². The largest absolute Gasteiger partial charge is 2.00 e. The number of nitrogens with one attached hydrogen (secondary N) is 1. The molecule has 0 bridgehead atoms. The van der Waals surface area contributed by atoms with Gasteiger partial charge in [-0.1, -0.05) is 51.4 Å². The Balaban J connectivity index is 0.000000235. The molecule has 1 aromatic heterocycles. The molecule has 15 heteroatoms. The van der Waals surface area contributed by atoms with Gasteiger partial charge in [-0.3, -0.25) is 4.99 Å². The standard InChI is InChI=1S/4C13H25P.C6H7N5.HNO3.2Pt/c4*1-14(12-8-4-2-5-9-12)13-10-6-3-7-11-13;1-11-3-10-4-5(7)8-2-9-6(4)11;2-1(3)4;;/h4*12-13H,2-11H2,1H3;3,7H,2H2,1H3;(H,2,3,4);;/q;;;;-2;;2*+2/p+4. The number of hydrogen-bond donors (Lipinski definition) is 1. The van der Waals surface area contributed by atoms with Crippen LogP contribution in [-0.4, -0.2) is 98.4 Å². The Kier molecular flexibility index (Phi) is 37.3. The maximum Gasteiger partial charge on any atom is 2.00 e. The van der Waals surface area contributed by atoms with Crippen LogP contribution in [0.15, 0.2) is 11.3 Å². The van der Waals surface area contributed by atoms with Gasteiger partial charge in [0.15, 0.2) is 0 Å². The van der Waals surface area contributed by atoms with E-state index in [2.05, 4.69) is 42.0 Å². The van der Waals surface area contributed by atoms with Crippen molar-refractivity contribution in [3.8, 4) is 0 Å². The zero-order chi connectivity index (χ0) is 50.6. The minimum absolute atomic E-state index is 0. The third-order valence-electron chi connectivity index (χ3n) is 19.6. The van der Waals surface area contributed by atoms with E-state index in [1.165, 1.54) is 96.6 Å². The van der Waals surface area contributed by atoms with Crippen molar-refractivity contribution >= 4 is 37.5 Å². The van der Waals surface area contributed by atoms with E-state index in [0.29, 0.717) is 12.0 Å². The van der Waals surface area contributed by atoms with Gasteiger partial charge in [-0.05, 0) is 212 Å².